The molecule has 1 aromatic heterocycles. The minimum absolute atomic E-state index is 0.239. The number of anilines is 2. The number of para-hydroxylation sites is 1. The molecular weight excluding hydrogens is 289 g/mol. The van der Waals surface area contributed by atoms with Crippen molar-refractivity contribution >= 4 is 27.4 Å². The third-order valence-electron chi connectivity index (χ3n) is 2.26. The lowest BCUT2D eigenvalue weighted by Crippen LogP contribution is -2.10. The van der Waals surface area contributed by atoms with Crippen LogP contribution in [0.15, 0.2) is 33.8 Å². The second-order valence-corrected chi connectivity index (χ2v) is 4.24. The van der Waals surface area contributed by atoms with Crippen LogP contribution in [-0.2, 0) is 0 Å². The Hall–Kier alpha value is -1.69. The van der Waals surface area contributed by atoms with Crippen molar-refractivity contribution in [1.82, 2.24) is 9.97 Å². The molecule has 0 atom stereocenters. The van der Waals surface area contributed by atoms with Crippen molar-refractivity contribution in [3.05, 3.63) is 50.7 Å². The molecule has 88 valence electrons. The Morgan fingerprint density at radius 3 is 2.94 bits per heavy atom. The smallest absolute Gasteiger partial charge is 0.267 e. The number of aromatic nitrogens is 2. The maximum atomic E-state index is 13.6. The Bertz CT molecular complexity index is 592. The van der Waals surface area contributed by atoms with Gasteiger partial charge in [-0.25, -0.2) is 9.37 Å². The summed E-state index contributed by atoms with van der Waals surface area (Å²) in [5.74, 6) is -0.110. The highest BCUT2D eigenvalue weighted by molar-refractivity contribution is 9.10. The molecule has 4 nitrogen and oxygen atoms in total. The Morgan fingerprint density at radius 1 is 1.47 bits per heavy atom. The van der Waals surface area contributed by atoms with Crippen molar-refractivity contribution in [1.29, 1.82) is 0 Å². The van der Waals surface area contributed by atoms with E-state index in [9.17, 15) is 9.18 Å². The predicted molar refractivity (Wildman–Crippen MR) is 67.0 cm³/mol. The highest BCUT2D eigenvalue weighted by Gasteiger charge is 2.10. The summed E-state index contributed by atoms with van der Waals surface area (Å²) in [5.41, 5.74) is 0.724. The standard InChI is InChI=1S/C11H9BrFN3O/c1-6-3-2-4-7(13)9(6)16-10-8(12)11(17)15-5-14-10/h2-5H,1H3,(H2,14,15,16,17). The molecule has 0 saturated carbocycles. The lowest BCUT2D eigenvalue weighted by Gasteiger charge is -2.10. The minimum atomic E-state index is -0.390. The van der Waals surface area contributed by atoms with E-state index in [0.717, 1.165) is 5.56 Å². The molecule has 0 unspecified atom stereocenters. The van der Waals surface area contributed by atoms with Crippen LogP contribution in [0.5, 0.6) is 0 Å². The zero-order valence-electron chi connectivity index (χ0n) is 8.92. The average molecular weight is 298 g/mol. The molecule has 2 N–H and O–H groups in total. The summed E-state index contributed by atoms with van der Waals surface area (Å²) in [6.07, 6.45) is 1.26. The van der Waals surface area contributed by atoms with E-state index in [1.165, 1.54) is 12.4 Å². The second-order valence-electron chi connectivity index (χ2n) is 3.45. The first kappa shape index (κ1) is 11.8. The lowest BCUT2D eigenvalue weighted by atomic mass is 10.2. The third kappa shape index (κ3) is 2.36. The van der Waals surface area contributed by atoms with Gasteiger partial charge in [0.05, 0.1) is 12.0 Å². The summed E-state index contributed by atoms with van der Waals surface area (Å²) in [6, 6.07) is 4.74. The molecule has 0 amide bonds. The van der Waals surface area contributed by atoms with Crippen LogP contribution in [-0.4, -0.2) is 9.97 Å². The average Bonchev–Trinajstić information content (AvgIpc) is 2.29. The molecule has 2 rings (SSSR count). The largest absolute Gasteiger partial charge is 0.336 e. The number of halogens is 2. The Balaban J connectivity index is 2.45. The van der Waals surface area contributed by atoms with Gasteiger partial charge < -0.3 is 10.3 Å². The van der Waals surface area contributed by atoms with Crippen molar-refractivity contribution in [3.63, 3.8) is 0 Å². The molecule has 0 saturated heterocycles. The number of nitrogens with one attached hydrogen (secondary N) is 2. The van der Waals surface area contributed by atoms with E-state index in [4.69, 9.17) is 0 Å². The molecule has 0 fully saturated rings. The van der Waals surface area contributed by atoms with Crippen molar-refractivity contribution in [2.75, 3.05) is 5.32 Å². The van der Waals surface area contributed by atoms with Gasteiger partial charge in [0.1, 0.15) is 10.3 Å². The van der Waals surface area contributed by atoms with Gasteiger partial charge >= 0.3 is 0 Å². The van der Waals surface area contributed by atoms with Crippen LogP contribution >= 0.6 is 15.9 Å². The van der Waals surface area contributed by atoms with Crippen LogP contribution in [0.25, 0.3) is 0 Å². The number of rotatable bonds is 2. The van der Waals surface area contributed by atoms with E-state index >= 15 is 0 Å². The van der Waals surface area contributed by atoms with Crippen molar-refractivity contribution < 1.29 is 4.39 Å². The first-order chi connectivity index (χ1) is 8.09. The molecule has 0 aliphatic rings. The first-order valence-electron chi connectivity index (χ1n) is 4.85. The van der Waals surface area contributed by atoms with Gasteiger partial charge in [-0.3, -0.25) is 4.79 Å². The van der Waals surface area contributed by atoms with Crippen LogP contribution in [0.2, 0.25) is 0 Å². The van der Waals surface area contributed by atoms with E-state index in [1.807, 2.05) is 0 Å². The molecule has 0 spiro atoms. The zero-order valence-corrected chi connectivity index (χ0v) is 10.5. The van der Waals surface area contributed by atoms with Gasteiger partial charge in [0, 0.05) is 0 Å². The van der Waals surface area contributed by atoms with E-state index in [-0.39, 0.29) is 21.7 Å². The molecule has 17 heavy (non-hydrogen) atoms. The summed E-state index contributed by atoms with van der Waals surface area (Å²) in [6.45, 7) is 1.77. The summed E-state index contributed by atoms with van der Waals surface area (Å²) in [4.78, 5) is 17.7. The second kappa shape index (κ2) is 4.67. The highest BCUT2D eigenvalue weighted by atomic mass is 79.9. The van der Waals surface area contributed by atoms with Gasteiger partial charge in [-0.05, 0) is 34.5 Å². The maximum absolute atomic E-state index is 13.6. The SMILES string of the molecule is Cc1cccc(F)c1Nc1nc[nH]c(=O)c1Br. The van der Waals surface area contributed by atoms with Gasteiger partial charge in [-0.15, -0.1) is 0 Å². The fourth-order valence-corrected chi connectivity index (χ4v) is 1.69. The molecular formula is C11H9BrFN3O. The van der Waals surface area contributed by atoms with Crippen molar-refractivity contribution in [2.45, 2.75) is 6.92 Å². The molecule has 1 heterocycles. The van der Waals surface area contributed by atoms with E-state index in [2.05, 4.69) is 31.2 Å². The molecule has 2 aromatic rings. The molecule has 0 radical (unpaired) electrons. The van der Waals surface area contributed by atoms with Gasteiger partial charge in [0.2, 0.25) is 0 Å². The number of H-pyrrole nitrogens is 1. The van der Waals surface area contributed by atoms with Crippen LogP contribution < -0.4 is 10.9 Å². The normalized spacial score (nSPS) is 10.3. The van der Waals surface area contributed by atoms with Crippen molar-refractivity contribution in [3.8, 4) is 0 Å². The molecule has 0 aliphatic heterocycles. The number of benzene rings is 1. The van der Waals surface area contributed by atoms with Gasteiger partial charge in [-0.2, -0.15) is 0 Å². The molecule has 6 heteroatoms. The van der Waals surface area contributed by atoms with Gasteiger partial charge in [-0.1, -0.05) is 12.1 Å². The first-order valence-corrected chi connectivity index (χ1v) is 5.64. The Morgan fingerprint density at radius 2 is 2.24 bits per heavy atom. The number of nitrogens with zero attached hydrogens (tertiary/aromatic N) is 1. The van der Waals surface area contributed by atoms with Crippen molar-refractivity contribution in [2.24, 2.45) is 0 Å². The maximum Gasteiger partial charge on any atom is 0.267 e. The van der Waals surface area contributed by atoms with E-state index < -0.39 is 0 Å². The number of hydrogen-bond donors (Lipinski definition) is 2. The third-order valence-corrected chi connectivity index (χ3v) is 3.00. The summed E-state index contributed by atoms with van der Waals surface area (Å²) in [5, 5.41) is 2.80. The van der Waals surface area contributed by atoms with Gasteiger partial charge in [0.25, 0.3) is 5.56 Å². The number of hydrogen-bond acceptors (Lipinski definition) is 3. The number of aromatic amines is 1. The minimum Gasteiger partial charge on any atom is -0.336 e. The van der Waals surface area contributed by atoms with Crippen LogP contribution in [0, 0.1) is 12.7 Å². The van der Waals surface area contributed by atoms with Crippen LogP contribution in [0.3, 0.4) is 0 Å². The molecule has 1 aromatic carbocycles. The number of aryl methyl sites for hydroxylation is 1. The summed E-state index contributed by atoms with van der Waals surface area (Å²) < 4.78 is 13.8. The Kier molecular flexibility index (Phi) is 3.23. The van der Waals surface area contributed by atoms with Gasteiger partial charge in [0.15, 0.2) is 5.82 Å². The topological polar surface area (TPSA) is 57.8 Å². The van der Waals surface area contributed by atoms with E-state index in [1.54, 1.807) is 19.1 Å². The Labute approximate surface area is 105 Å². The summed E-state index contributed by atoms with van der Waals surface area (Å²) >= 11 is 3.10. The quantitative estimate of drug-likeness (QED) is 0.896. The molecule has 0 aliphatic carbocycles. The fourth-order valence-electron chi connectivity index (χ4n) is 1.38. The monoisotopic (exact) mass is 297 g/mol. The molecule has 0 bridgehead atoms. The fraction of sp³-hybridized carbons (Fsp3) is 0.0909. The summed E-state index contributed by atoms with van der Waals surface area (Å²) in [7, 11) is 0. The lowest BCUT2D eigenvalue weighted by molar-refractivity contribution is 0.630. The van der Waals surface area contributed by atoms with Crippen LogP contribution in [0.1, 0.15) is 5.56 Å². The highest BCUT2D eigenvalue weighted by Crippen LogP contribution is 2.24. The van der Waals surface area contributed by atoms with Crippen LogP contribution in [0.4, 0.5) is 15.9 Å². The predicted octanol–water partition coefficient (Wildman–Crippen LogP) is 2.72. The van der Waals surface area contributed by atoms with E-state index in [0.29, 0.717) is 5.69 Å². The zero-order chi connectivity index (χ0) is 12.4.